The fraction of sp³-hybridized carbons (Fsp3) is 1.00. The largest absolute Gasteiger partial charge is 0.317 e. The van der Waals surface area contributed by atoms with Gasteiger partial charge in [-0.2, -0.15) is 0 Å². The third-order valence-corrected chi connectivity index (χ3v) is 6.48. The predicted octanol–water partition coefficient (Wildman–Crippen LogP) is 0.107. The van der Waals surface area contributed by atoms with Crippen LogP contribution in [-0.2, 0) is 9.84 Å². The van der Waals surface area contributed by atoms with Gasteiger partial charge in [0.05, 0.1) is 11.5 Å². The van der Waals surface area contributed by atoms with Gasteiger partial charge in [0.15, 0.2) is 9.84 Å². The van der Waals surface area contributed by atoms with E-state index in [2.05, 4.69) is 10.2 Å². The van der Waals surface area contributed by atoms with E-state index < -0.39 is 9.84 Å². The summed E-state index contributed by atoms with van der Waals surface area (Å²) in [5, 5.41) is 3.42. The standard InChI is InChI=1S/C12H22N2O2S/c15-17(16)7-5-14(6-8-17)10-11-9-12(11)1-3-13-4-2-12/h11,13H,1-10H2. The summed E-state index contributed by atoms with van der Waals surface area (Å²) in [6.07, 6.45) is 4.02. The highest BCUT2D eigenvalue weighted by Crippen LogP contribution is 2.58. The van der Waals surface area contributed by atoms with Crippen molar-refractivity contribution in [3.05, 3.63) is 0 Å². The number of hydrogen-bond acceptors (Lipinski definition) is 4. The van der Waals surface area contributed by atoms with Gasteiger partial charge in [-0.25, -0.2) is 8.42 Å². The minimum atomic E-state index is -2.72. The fourth-order valence-corrected chi connectivity index (χ4v) is 4.75. The molecule has 2 saturated heterocycles. The molecule has 0 bridgehead atoms. The fourth-order valence-electron chi connectivity index (χ4n) is 3.47. The molecule has 17 heavy (non-hydrogen) atoms. The van der Waals surface area contributed by atoms with Gasteiger partial charge in [0.1, 0.15) is 0 Å². The molecule has 3 fully saturated rings. The lowest BCUT2D eigenvalue weighted by molar-refractivity contribution is 0.242. The van der Waals surface area contributed by atoms with E-state index in [0.29, 0.717) is 16.9 Å². The molecule has 0 radical (unpaired) electrons. The molecule has 0 aromatic carbocycles. The number of piperidine rings is 1. The number of rotatable bonds is 2. The zero-order valence-electron chi connectivity index (χ0n) is 10.3. The molecule has 2 heterocycles. The van der Waals surface area contributed by atoms with E-state index in [1.165, 1.54) is 32.4 Å². The van der Waals surface area contributed by atoms with E-state index in [9.17, 15) is 8.42 Å². The van der Waals surface area contributed by atoms with Crippen LogP contribution in [0.5, 0.6) is 0 Å². The van der Waals surface area contributed by atoms with Crippen LogP contribution in [0.4, 0.5) is 0 Å². The van der Waals surface area contributed by atoms with Crippen LogP contribution in [0, 0.1) is 11.3 Å². The summed E-state index contributed by atoms with van der Waals surface area (Å²) >= 11 is 0. The van der Waals surface area contributed by atoms with Gasteiger partial charge in [0.2, 0.25) is 0 Å². The monoisotopic (exact) mass is 258 g/mol. The Balaban J connectivity index is 1.50. The Morgan fingerprint density at radius 1 is 1.18 bits per heavy atom. The van der Waals surface area contributed by atoms with E-state index in [1.54, 1.807) is 0 Å². The third-order valence-electron chi connectivity index (χ3n) is 4.87. The van der Waals surface area contributed by atoms with E-state index in [0.717, 1.165) is 25.6 Å². The van der Waals surface area contributed by atoms with Crippen LogP contribution in [0.2, 0.25) is 0 Å². The Morgan fingerprint density at radius 2 is 1.82 bits per heavy atom. The SMILES string of the molecule is O=S1(=O)CCN(CC2CC23CCNCC3)CC1. The summed E-state index contributed by atoms with van der Waals surface area (Å²) in [5.74, 6) is 1.58. The number of nitrogens with zero attached hydrogens (tertiary/aromatic N) is 1. The molecular weight excluding hydrogens is 236 g/mol. The molecule has 1 N–H and O–H groups in total. The Hall–Kier alpha value is -0.130. The van der Waals surface area contributed by atoms with Crippen LogP contribution in [0.3, 0.4) is 0 Å². The van der Waals surface area contributed by atoms with Crippen molar-refractivity contribution in [1.29, 1.82) is 0 Å². The Labute approximate surface area is 104 Å². The predicted molar refractivity (Wildman–Crippen MR) is 67.7 cm³/mol. The van der Waals surface area contributed by atoms with Gasteiger partial charge >= 0.3 is 0 Å². The summed E-state index contributed by atoms with van der Waals surface area (Å²) in [4.78, 5) is 2.36. The molecule has 4 nitrogen and oxygen atoms in total. The van der Waals surface area contributed by atoms with E-state index in [-0.39, 0.29) is 0 Å². The number of nitrogens with one attached hydrogen (secondary N) is 1. The van der Waals surface area contributed by atoms with Gasteiger partial charge in [-0.3, -0.25) is 0 Å². The van der Waals surface area contributed by atoms with E-state index in [1.807, 2.05) is 0 Å². The van der Waals surface area contributed by atoms with Crippen molar-refractivity contribution in [3.63, 3.8) is 0 Å². The van der Waals surface area contributed by atoms with Gasteiger partial charge in [0.25, 0.3) is 0 Å². The van der Waals surface area contributed by atoms with Crippen molar-refractivity contribution >= 4 is 9.84 Å². The zero-order chi connectivity index (χ0) is 11.9. The summed E-state index contributed by atoms with van der Waals surface area (Å²) < 4.78 is 22.7. The second-order valence-corrected chi connectivity index (χ2v) is 8.27. The minimum Gasteiger partial charge on any atom is -0.317 e. The van der Waals surface area contributed by atoms with Crippen LogP contribution < -0.4 is 5.32 Å². The Kier molecular flexibility index (Phi) is 2.96. The van der Waals surface area contributed by atoms with Crippen molar-refractivity contribution in [2.75, 3.05) is 44.2 Å². The first-order chi connectivity index (χ1) is 8.10. The van der Waals surface area contributed by atoms with Crippen molar-refractivity contribution < 1.29 is 8.42 Å². The smallest absolute Gasteiger partial charge is 0.152 e. The molecule has 5 heteroatoms. The van der Waals surface area contributed by atoms with E-state index >= 15 is 0 Å². The molecule has 0 amide bonds. The van der Waals surface area contributed by atoms with Crippen LogP contribution in [0.1, 0.15) is 19.3 Å². The van der Waals surface area contributed by atoms with Gasteiger partial charge in [-0.15, -0.1) is 0 Å². The van der Waals surface area contributed by atoms with Crippen molar-refractivity contribution in [3.8, 4) is 0 Å². The number of hydrogen-bond donors (Lipinski definition) is 1. The van der Waals surface area contributed by atoms with Gasteiger partial charge < -0.3 is 10.2 Å². The van der Waals surface area contributed by atoms with Gasteiger partial charge in [0, 0.05) is 19.6 Å². The van der Waals surface area contributed by atoms with Gasteiger partial charge in [-0.05, 0) is 43.7 Å². The molecule has 1 saturated carbocycles. The van der Waals surface area contributed by atoms with Crippen LogP contribution >= 0.6 is 0 Å². The Morgan fingerprint density at radius 3 is 2.47 bits per heavy atom. The molecule has 2 aliphatic heterocycles. The third kappa shape index (κ3) is 2.51. The maximum atomic E-state index is 11.4. The molecule has 0 aromatic rings. The van der Waals surface area contributed by atoms with Gasteiger partial charge in [-0.1, -0.05) is 0 Å². The Bertz CT molecular complexity index is 373. The van der Waals surface area contributed by atoms with Crippen molar-refractivity contribution in [1.82, 2.24) is 10.2 Å². The summed E-state index contributed by atoms with van der Waals surface area (Å²) in [6, 6.07) is 0. The highest BCUT2D eigenvalue weighted by atomic mass is 32.2. The first kappa shape index (κ1) is 11.9. The average Bonchev–Trinajstić information content (AvgIpc) is 2.95. The summed E-state index contributed by atoms with van der Waals surface area (Å²) in [7, 11) is -2.72. The average molecular weight is 258 g/mol. The van der Waals surface area contributed by atoms with Crippen molar-refractivity contribution in [2.24, 2.45) is 11.3 Å². The molecule has 1 spiro atoms. The molecule has 98 valence electrons. The molecule has 1 unspecified atom stereocenters. The second-order valence-electron chi connectivity index (χ2n) is 5.97. The quantitative estimate of drug-likeness (QED) is 0.763. The summed E-state index contributed by atoms with van der Waals surface area (Å²) in [6.45, 7) is 4.99. The zero-order valence-corrected chi connectivity index (χ0v) is 11.1. The van der Waals surface area contributed by atoms with Crippen molar-refractivity contribution in [2.45, 2.75) is 19.3 Å². The summed E-state index contributed by atoms with van der Waals surface area (Å²) in [5.41, 5.74) is 0.627. The molecule has 3 rings (SSSR count). The topological polar surface area (TPSA) is 49.4 Å². The molecule has 0 aromatic heterocycles. The molecule has 3 aliphatic rings. The van der Waals surface area contributed by atoms with E-state index in [4.69, 9.17) is 0 Å². The van der Waals surface area contributed by atoms with Crippen LogP contribution in [0.15, 0.2) is 0 Å². The molecular formula is C12H22N2O2S. The van der Waals surface area contributed by atoms with Crippen LogP contribution in [0.25, 0.3) is 0 Å². The normalized spacial score (nSPS) is 35.9. The first-order valence-corrected chi connectivity index (χ1v) is 8.55. The van der Waals surface area contributed by atoms with Crippen LogP contribution in [-0.4, -0.2) is 57.5 Å². The molecule has 1 atom stereocenters. The maximum absolute atomic E-state index is 11.4. The molecule has 1 aliphatic carbocycles. The first-order valence-electron chi connectivity index (χ1n) is 6.73. The number of sulfone groups is 1. The maximum Gasteiger partial charge on any atom is 0.152 e. The second kappa shape index (κ2) is 4.21. The highest BCUT2D eigenvalue weighted by molar-refractivity contribution is 7.91. The minimum absolute atomic E-state index is 0.369. The lowest BCUT2D eigenvalue weighted by atomic mass is 9.92. The highest BCUT2D eigenvalue weighted by Gasteiger charge is 2.53. The lowest BCUT2D eigenvalue weighted by Crippen LogP contribution is -2.42. The lowest BCUT2D eigenvalue weighted by Gasteiger charge is -2.29.